The Morgan fingerprint density at radius 3 is 2.45 bits per heavy atom. The molecule has 1 fully saturated rings. The van der Waals surface area contributed by atoms with Gasteiger partial charge in [-0.1, -0.05) is 48.5 Å². The van der Waals surface area contributed by atoms with Gasteiger partial charge in [0.25, 0.3) is 0 Å². The number of H-pyrrole nitrogens is 1. The van der Waals surface area contributed by atoms with Crippen molar-refractivity contribution < 1.29 is 9.59 Å². The molecule has 0 saturated carbocycles. The molecule has 3 aromatic rings. The molecule has 2 aliphatic rings. The highest BCUT2D eigenvalue weighted by Gasteiger charge is 2.29. The van der Waals surface area contributed by atoms with Crippen LogP contribution in [0.15, 0.2) is 48.5 Å². The van der Waals surface area contributed by atoms with Gasteiger partial charge in [-0.25, -0.2) is 9.59 Å². The summed E-state index contributed by atoms with van der Waals surface area (Å²) in [4.78, 5) is 25.3. The third kappa shape index (κ3) is 4.54. The topological polar surface area (TPSA) is 133 Å². The molecule has 4 amide bonds. The Bertz CT molecular complexity index is 1160. The number of nitrogens with one attached hydrogen (secondary N) is 2. The monoisotopic (exact) mass is 447 g/mol. The SMILES string of the molecule is CN1CCN(C(N)=O)C(c2ccc(-c3n[nH]c4c3Cc3ccccc3-4)cc2)C1.CNC(N)=O. The van der Waals surface area contributed by atoms with Crippen LogP contribution < -0.4 is 16.8 Å². The molecule has 9 nitrogen and oxygen atoms in total. The average Bonchev–Trinajstić information content (AvgIpc) is 3.39. The minimum Gasteiger partial charge on any atom is -0.352 e. The van der Waals surface area contributed by atoms with E-state index in [1.807, 2.05) is 0 Å². The van der Waals surface area contributed by atoms with Crippen LogP contribution in [0.5, 0.6) is 0 Å². The maximum Gasteiger partial charge on any atom is 0.315 e. The van der Waals surface area contributed by atoms with Gasteiger partial charge in [0.05, 0.1) is 17.4 Å². The minimum absolute atomic E-state index is 0.0144. The first-order chi connectivity index (χ1) is 15.9. The second-order valence-electron chi connectivity index (χ2n) is 8.31. The number of fused-ring (bicyclic) bond motifs is 3. The Labute approximate surface area is 192 Å². The Hall–Kier alpha value is -3.85. The molecule has 1 unspecified atom stereocenters. The number of carbonyl (C=O) groups is 2. The molecule has 2 heterocycles. The Kier molecular flexibility index (Phi) is 6.32. The number of hydrogen-bond donors (Lipinski definition) is 4. The standard InChI is InChI=1S/C22H23N5O.C2H6N2O/c1-26-10-11-27(22(23)28)19(13-26)14-6-8-15(9-7-14)20-18-12-16-4-2-3-5-17(16)21(18)25-24-20;1-4-2(3)5/h2-9,19H,10-13H2,1H3,(H2,23,28)(H,24,25);1H3,(H3,3,4,5). The Balaban J connectivity index is 0.000000471. The van der Waals surface area contributed by atoms with Crippen LogP contribution >= 0.6 is 0 Å². The quantitative estimate of drug-likeness (QED) is 0.375. The number of rotatable bonds is 2. The summed E-state index contributed by atoms with van der Waals surface area (Å²) in [6, 6.07) is 16.0. The van der Waals surface area contributed by atoms with Gasteiger partial charge in [-0.3, -0.25) is 5.10 Å². The number of primary amides is 2. The van der Waals surface area contributed by atoms with Crippen LogP contribution in [0.4, 0.5) is 9.59 Å². The zero-order valence-corrected chi connectivity index (χ0v) is 18.8. The summed E-state index contributed by atoms with van der Waals surface area (Å²) >= 11 is 0. The number of aromatic amines is 1. The van der Waals surface area contributed by atoms with E-state index in [-0.39, 0.29) is 12.1 Å². The number of amides is 4. The second kappa shape index (κ2) is 9.33. The van der Waals surface area contributed by atoms with E-state index < -0.39 is 6.03 Å². The molecule has 1 aromatic heterocycles. The van der Waals surface area contributed by atoms with Gasteiger partial charge < -0.3 is 26.6 Å². The molecule has 0 radical (unpaired) electrons. The Morgan fingerprint density at radius 1 is 1.09 bits per heavy atom. The summed E-state index contributed by atoms with van der Waals surface area (Å²) in [7, 11) is 3.55. The highest BCUT2D eigenvalue weighted by molar-refractivity contribution is 5.81. The lowest BCUT2D eigenvalue weighted by Crippen LogP contribution is -2.51. The van der Waals surface area contributed by atoms with E-state index in [0.29, 0.717) is 6.54 Å². The number of benzene rings is 2. The normalized spacial score (nSPS) is 16.9. The van der Waals surface area contributed by atoms with Gasteiger partial charge in [0.2, 0.25) is 0 Å². The van der Waals surface area contributed by atoms with Crippen LogP contribution in [0.3, 0.4) is 0 Å². The van der Waals surface area contributed by atoms with Gasteiger partial charge in [-0.2, -0.15) is 5.10 Å². The minimum atomic E-state index is -0.495. The summed E-state index contributed by atoms with van der Waals surface area (Å²) in [5.41, 5.74) is 18.3. The largest absolute Gasteiger partial charge is 0.352 e. The lowest BCUT2D eigenvalue weighted by Gasteiger charge is -2.39. The number of hydrogen-bond acceptors (Lipinski definition) is 4. The molecule has 1 aliphatic carbocycles. The van der Waals surface area contributed by atoms with Gasteiger partial charge in [0.15, 0.2) is 0 Å². The van der Waals surface area contributed by atoms with Crippen LogP contribution in [0.2, 0.25) is 0 Å². The van der Waals surface area contributed by atoms with Crippen molar-refractivity contribution in [2.24, 2.45) is 11.5 Å². The summed E-state index contributed by atoms with van der Waals surface area (Å²) in [6.07, 6.45) is 0.905. The molecule has 1 saturated heterocycles. The average molecular weight is 448 g/mol. The van der Waals surface area contributed by atoms with Crippen molar-refractivity contribution in [3.63, 3.8) is 0 Å². The number of urea groups is 2. The molecule has 33 heavy (non-hydrogen) atoms. The van der Waals surface area contributed by atoms with Gasteiger partial charge in [-0.15, -0.1) is 0 Å². The van der Waals surface area contributed by atoms with Crippen LogP contribution in [0.1, 0.15) is 22.7 Å². The zero-order chi connectivity index (χ0) is 23.5. The van der Waals surface area contributed by atoms with Gasteiger partial charge in [0.1, 0.15) is 0 Å². The molecule has 1 atom stereocenters. The van der Waals surface area contributed by atoms with E-state index in [1.54, 1.807) is 4.90 Å². The maximum absolute atomic E-state index is 11.8. The van der Waals surface area contributed by atoms with Crippen molar-refractivity contribution in [2.45, 2.75) is 12.5 Å². The van der Waals surface area contributed by atoms with Crippen molar-refractivity contribution in [1.29, 1.82) is 0 Å². The third-order valence-electron chi connectivity index (χ3n) is 6.20. The molecular formula is C24H29N7O2. The fourth-order valence-corrected chi connectivity index (χ4v) is 4.44. The van der Waals surface area contributed by atoms with Crippen molar-refractivity contribution in [2.75, 3.05) is 33.7 Å². The number of aromatic nitrogens is 2. The lowest BCUT2D eigenvalue weighted by molar-refractivity contribution is 0.114. The Morgan fingerprint density at radius 2 is 1.79 bits per heavy atom. The van der Waals surface area contributed by atoms with E-state index >= 15 is 0 Å². The second-order valence-corrected chi connectivity index (χ2v) is 8.31. The van der Waals surface area contributed by atoms with Crippen LogP contribution in [0, 0.1) is 0 Å². The first-order valence-electron chi connectivity index (χ1n) is 10.9. The van der Waals surface area contributed by atoms with Gasteiger partial charge in [0, 0.05) is 49.8 Å². The van der Waals surface area contributed by atoms with E-state index in [2.05, 4.69) is 81.7 Å². The molecule has 172 valence electrons. The van der Waals surface area contributed by atoms with Gasteiger partial charge >= 0.3 is 12.1 Å². The van der Waals surface area contributed by atoms with Crippen molar-refractivity contribution in [1.82, 2.24) is 25.3 Å². The predicted octanol–water partition coefficient (Wildman–Crippen LogP) is 2.30. The molecule has 1 aliphatic heterocycles. The number of nitrogens with two attached hydrogens (primary N) is 2. The number of likely N-dealkylation sites (N-methyl/N-ethyl adjacent to an activating group) is 1. The summed E-state index contributed by atoms with van der Waals surface area (Å²) in [6.45, 7) is 2.29. The third-order valence-corrected chi connectivity index (χ3v) is 6.20. The van der Waals surface area contributed by atoms with Crippen LogP contribution in [0.25, 0.3) is 22.5 Å². The molecule has 6 N–H and O–H groups in total. The molecular weight excluding hydrogens is 418 g/mol. The number of piperazine rings is 1. The number of carbonyl (C=O) groups excluding carboxylic acids is 2. The lowest BCUT2D eigenvalue weighted by atomic mass is 9.99. The molecule has 2 aromatic carbocycles. The van der Waals surface area contributed by atoms with Crippen molar-refractivity contribution >= 4 is 12.1 Å². The molecule has 0 bridgehead atoms. The van der Waals surface area contributed by atoms with Crippen molar-refractivity contribution in [3.05, 3.63) is 65.2 Å². The van der Waals surface area contributed by atoms with E-state index in [1.165, 1.54) is 23.7 Å². The smallest absolute Gasteiger partial charge is 0.315 e. The number of nitrogens with zero attached hydrogens (tertiary/aromatic N) is 3. The maximum atomic E-state index is 11.8. The first kappa shape index (κ1) is 22.3. The molecule has 0 spiro atoms. The van der Waals surface area contributed by atoms with Crippen LogP contribution in [-0.4, -0.2) is 65.8 Å². The van der Waals surface area contributed by atoms with E-state index in [9.17, 15) is 9.59 Å². The fourth-order valence-electron chi connectivity index (χ4n) is 4.44. The highest BCUT2D eigenvalue weighted by Crippen LogP contribution is 2.40. The summed E-state index contributed by atoms with van der Waals surface area (Å²) in [5, 5.41) is 9.97. The van der Waals surface area contributed by atoms with Crippen molar-refractivity contribution in [3.8, 4) is 22.5 Å². The zero-order valence-electron chi connectivity index (χ0n) is 18.8. The first-order valence-corrected chi connectivity index (χ1v) is 10.9. The molecule has 9 heteroatoms. The highest BCUT2D eigenvalue weighted by atomic mass is 16.2. The van der Waals surface area contributed by atoms with E-state index in [0.717, 1.165) is 42.0 Å². The summed E-state index contributed by atoms with van der Waals surface area (Å²) < 4.78 is 0. The fraction of sp³-hybridized carbons (Fsp3) is 0.292. The van der Waals surface area contributed by atoms with Crippen LogP contribution in [-0.2, 0) is 6.42 Å². The van der Waals surface area contributed by atoms with Gasteiger partial charge in [-0.05, 0) is 18.2 Å². The predicted molar refractivity (Wildman–Crippen MR) is 127 cm³/mol. The van der Waals surface area contributed by atoms with E-state index in [4.69, 9.17) is 5.73 Å². The molecule has 5 rings (SSSR count). The summed E-state index contributed by atoms with van der Waals surface area (Å²) in [5.74, 6) is 0.